The normalized spacial score (nSPS) is 27.6. The van der Waals surface area contributed by atoms with Crippen LogP contribution in [0.15, 0.2) is 6.33 Å². The van der Waals surface area contributed by atoms with Gasteiger partial charge in [-0.3, -0.25) is 4.90 Å². The van der Waals surface area contributed by atoms with Crippen molar-refractivity contribution < 1.29 is 0 Å². The standard InChI is InChI=1S/C16H29N5/c1-14(2)9-21-15(18-13-19-21)10-20-8-4-6-16(12-20)5-3-7-17-11-16/h13-14,17H,3-12H2,1-2H3. The van der Waals surface area contributed by atoms with Crippen LogP contribution in [0.2, 0.25) is 0 Å². The van der Waals surface area contributed by atoms with Crippen molar-refractivity contribution in [2.24, 2.45) is 11.3 Å². The van der Waals surface area contributed by atoms with Crippen LogP contribution in [0.1, 0.15) is 45.4 Å². The summed E-state index contributed by atoms with van der Waals surface area (Å²) in [4.78, 5) is 7.09. The third-order valence-electron chi connectivity index (χ3n) is 4.90. The van der Waals surface area contributed by atoms with Gasteiger partial charge >= 0.3 is 0 Å². The highest BCUT2D eigenvalue weighted by Crippen LogP contribution is 2.36. The van der Waals surface area contributed by atoms with Crippen molar-refractivity contribution in [1.82, 2.24) is 25.0 Å². The molecule has 0 aromatic carbocycles. The summed E-state index contributed by atoms with van der Waals surface area (Å²) < 4.78 is 2.09. The van der Waals surface area contributed by atoms with Gasteiger partial charge in [-0.25, -0.2) is 9.67 Å². The number of piperidine rings is 2. The Kier molecular flexibility index (Phi) is 4.60. The van der Waals surface area contributed by atoms with Gasteiger partial charge in [-0.1, -0.05) is 13.8 Å². The Bertz CT molecular complexity index is 442. The van der Waals surface area contributed by atoms with Gasteiger partial charge in [0.2, 0.25) is 0 Å². The van der Waals surface area contributed by atoms with E-state index in [4.69, 9.17) is 0 Å². The molecule has 0 bridgehead atoms. The molecule has 118 valence electrons. The lowest BCUT2D eigenvalue weighted by Gasteiger charge is -2.45. The predicted octanol–water partition coefficient (Wildman–Crippen LogP) is 1.90. The Morgan fingerprint density at radius 3 is 2.95 bits per heavy atom. The van der Waals surface area contributed by atoms with E-state index in [1.54, 1.807) is 6.33 Å². The van der Waals surface area contributed by atoms with Crippen LogP contribution < -0.4 is 5.32 Å². The molecule has 21 heavy (non-hydrogen) atoms. The third kappa shape index (κ3) is 3.64. The molecule has 1 spiro atoms. The molecule has 5 heteroatoms. The van der Waals surface area contributed by atoms with Crippen molar-refractivity contribution in [1.29, 1.82) is 0 Å². The number of likely N-dealkylation sites (tertiary alicyclic amines) is 1. The highest BCUT2D eigenvalue weighted by Gasteiger charge is 2.36. The fraction of sp³-hybridized carbons (Fsp3) is 0.875. The van der Waals surface area contributed by atoms with Crippen molar-refractivity contribution in [2.45, 2.75) is 52.6 Å². The number of hydrogen-bond acceptors (Lipinski definition) is 4. The maximum absolute atomic E-state index is 4.49. The molecule has 1 aromatic heterocycles. The first-order valence-electron chi connectivity index (χ1n) is 8.47. The highest BCUT2D eigenvalue weighted by molar-refractivity contribution is 4.94. The Morgan fingerprint density at radius 2 is 2.19 bits per heavy atom. The molecule has 1 aromatic rings. The van der Waals surface area contributed by atoms with E-state index in [1.165, 1.54) is 51.9 Å². The molecule has 3 rings (SSSR count). The van der Waals surface area contributed by atoms with Gasteiger partial charge in [-0.15, -0.1) is 0 Å². The van der Waals surface area contributed by atoms with Gasteiger partial charge in [-0.05, 0) is 50.1 Å². The second kappa shape index (κ2) is 6.44. The summed E-state index contributed by atoms with van der Waals surface area (Å²) in [6, 6.07) is 0. The van der Waals surface area contributed by atoms with Crippen molar-refractivity contribution in [3.8, 4) is 0 Å². The van der Waals surface area contributed by atoms with Crippen LogP contribution in [0.5, 0.6) is 0 Å². The Hall–Kier alpha value is -0.940. The Labute approximate surface area is 128 Å². The van der Waals surface area contributed by atoms with Gasteiger partial charge in [0.1, 0.15) is 12.2 Å². The van der Waals surface area contributed by atoms with Crippen LogP contribution >= 0.6 is 0 Å². The van der Waals surface area contributed by atoms with Crippen LogP contribution in [0.25, 0.3) is 0 Å². The molecule has 0 saturated carbocycles. The topological polar surface area (TPSA) is 46.0 Å². The summed E-state index contributed by atoms with van der Waals surface area (Å²) in [7, 11) is 0. The fourth-order valence-corrected chi connectivity index (χ4v) is 3.93. The number of nitrogens with one attached hydrogen (secondary N) is 1. The van der Waals surface area contributed by atoms with Crippen LogP contribution in [0.3, 0.4) is 0 Å². The molecule has 5 nitrogen and oxygen atoms in total. The minimum atomic E-state index is 0.513. The van der Waals surface area contributed by atoms with Gasteiger partial charge < -0.3 is 5.32 Å². The van der Waals surface area contributed by atoms with Crippen LogP contribution in [-0.4, -0.2) is 45.8 Å². The molecule has 3 heterocycles. The van der Waals surface area contributed by atoms with Gasteiger partial charge in [0.15, 0.2) is 0 Å². The lowest BCUT2D eigenvalue weighted by Crippen LogP contribution is -2.50. The first-order chi connectivity index (χ1) is 10.2. The van der Waals surface area contributed by atoms with E-state index in [-0.39, 0.29) is 0 Å². The molecule has 2 saturated heterocycles. The molecule has 2 aliphatic heterocycles. The number of hydrogen-bond donors (Lipinski definition) is 1. The minimum Gasteiger partial charge on any atom is -0.316 e. The quantitative estimate of drug-likeness (QED) is 0.920. The summed E-state index contributed by atoms with van der Waals surface area (Å²) in [5, 5.41) is 7.99. The molecule has 1 unspecified atom stereocenters. The van der Waals surface area contributed by atoms with Gasteiger partial charge in [0, 0.05) is 19.6 Å². The molecule has 1 atom stereocenters. The van der Waals surface area contributed by atoms with Crippen molar-refractivity contribution in [2.75, 3.05) is 26.2 Å². The molecule has 2 aliphatic rings. The average molecular weight is 291 g/mol. The summed E-state index contributed by atoms with van der Waals surface area (Å²) in [6.45, 7) is 11.2. The predicted molar refractivity (Wildman–Crippen MR) is 83.9 cm³/mol. The molecular weight excluding hydrogens is 262 g/mol. The van der Waals surface area contributed by atoms with E-state index in [0.29, 0.717) is 11.3 Å². The first-order valence-corrected chi connectivity index (χ1v) is 8.47. The Balaban J connectivity index is 1.63. The zero-order valence-electron chi connectivity index (χ0n) is 13.5. The lowest BCUT2D eigenvalue weighted by molar-refractivity contribution is 0.0575. The molecule has 0 aliphatic carbocycles. The van der Waals surface area contributed by atoms with Crippen LogP contribution in [0.4, 0.5) is 0 Å². The first kappa shape index (κ1) is 15.0. The monoisotopic (exact) mass is 291 g/mol. The van der Waals surface area contributed by atoms with E-state index in [2.05, 4.69) is 38.8 Å². The zero-order valence-corrected chi connectivity index (χ0v) is 13.5. The van der Waals surface area contributed by atoms with Crippen molar-refractivity contribution in [3.63, 3.8) is 0 Å². The fourth-order valence-electron chi connectivity index (χ4n) is 3.93. The van der Waals surface area contributed by atoms with Gasteiger partial charge in [-0.2, -0.15) is 5.10 Å². The smallest absolute Gasteiger partial charge is 0.141 e. The molecule has 0 radical (unpaired) electrons. The van der Waals surface area contributed by atoms with E-state index < -0.39 is 0 Å². The summed E-state index contributed by atoms with van der Waals surface area (Å²) >= 11 is 0. The zero-order chi connectivity index (χ0) is 14.7. The Morgan fingerprint density at radius 1 is 1.33 bits per heavy atom. The largest absolute Gasteiger partial charge is 0.316 e. The number of aromatic nitrogens is 3. The minimum absolute atomic E-state index is 0.513. The van der Waals surface area contributed by atoms with Crippen molar-refractivity contribution in [3.05, 3.63) is 12.2 Å². The summed E-state index contributed by atoms with van der Waals surface area (Å²) in [5.41, 5.74) is 0.513. The summed E-state index contributed by atoms with van der Waals surface area (Å²) in [6.07, 6.45) is 7.13. The van der Waals surface area contributed by atoms with Crippen LogP contribution in [-0.2, 0) is 13.1 Å². The third-order valence-corrected chi connectivity index (χ3v) is 4.90. The van der Waals surface area contributed by atoms with Gasteiger partial charge in [0.25, 0.3) is 0 Å². The van der Waals surface area contributed by atoms with E-state index in [9.17, 15) is 0 Å². The molecule has 0 amide bonds. The lowest BCUT2D eigenvalue weighted by atomic mass is 9.74. The molecule has 1 N–H and O–H groups in total. The maximum Gasteiger partial charge on any atom is 0.141 e. The van der Waals surface area contributed by atoms with Crippen molar-refractivity contribution >= 4 is 0 Å². The number of nitrogens with zero attached hydrogens (tertiary/aromatic N) is 4. The van der Waals surface area contributed by atoms with E-state index in [0.717, 1.165) is 18.9 Å². The maximum atomic E-state index is 4.49. The van der Waals surface area contributed by atoms with Crippen LogP contribution in [0, 0.1) is 11.3 Å². The van der Waals surface area contributed by atoms with E-state index in [1.807, 2.05) is 0 Å². The molecule has 2 fully saturated rings. The number of rotatable bonds is 4. The van der Waals surface area contributed by atoms with Gasteiger partial charge in [0.05, 0.1) is 6.54 Å². The second-order valence-corrected chi connectivity index (χ2v) is 7.35. The SMILES string of the molecule is CC(C)Cn1ncnc1CN1CCCC2(CCCNC2)C1. The summed E-state index contributed by atoms with van der Waals surface area (Å²) in [5.74, 6) is 1.74. The van der Waals surface area contributed by atoms with E-state index >= 15 is 0 Å². The highest BCUT2D eigenvalue weighted by atomic mass is 15.3. The second-order valence-electron chi connectivity index (χ2n) is 7.35. The average Bonchev–Trinajstić information content (AvgIpc) is 2.86. The molecular formula is C16H29N5.